The number of hydrogen-bond donors (Lipinski definition) is 1. The average molecular weight is 1180 g/mol. The van der Waals surface area contributed by atoms with Crippen LogP contribution in [0.2, 0.25) is 0 Å². The fourth-order valence-corrected chi connectivity index (χ4v) is 12.8. The number of hydrogen-bond acceptors (Lipinski definition) is 15. The monoisotopic (exact) mass is 1180 g/mol. The van der Waals surface area contributed by atoms with Gasteiger partial charge >= 0.3 is 0 Å². The van der Waals surface area contributed by atoms with Gasteiger partial charge in [-0.3, -0.25) is 9.36 Å². The summed E-state index contributed by atoms with van der Waals surface area (Å²) in [5, 5.41) is 12.7. The highest BCUT2D eigenvalue weighted by atomic mass is 31.2. The number of anilines is 1. The molecular weight excluding hydrogens is 1110 g/mol. The van der Waals surface area contributed by atoms with E-state index in [9.17, 15) is 10.1 Å². The van der Waals surface area contributed by atoms with Crippen LogP contribution in [-0.2, 0) is 34.5 Å². The van der Waals surface area contributed by atoms with E-state index in [0.29, 0.717) is 39.7 Å². The van der Waals surface area contributed by atoms with E-state index in [1.165, 1.54) is 6.33 Å². The van der Waals surface area contributed by atoms with Gasteiger partial charge in [-0.25, -0.2) is 19.6 Å². The van der Waals surface area contributed by atoms with Gasteiger partial charge in [0.1, 0.15) is 58.8 Å². The minimum Gasteiger partial charge on any atom is -0.497 e. The van der Waals surface area contributed by atoms with Crippen LogP contribution in [0.3, 0.4) is 0 Å². The van der Waals surface area contributed by atoms with Crippen molar-refractivity contribution >= 4 is 31.4 Å². The van der Waals surface area contributed by atoms with Gasteiger partial charge in [-0.1, -0.05) is 127 Å². The minimum atomic E-state index is -1.83. The molecule has 442 valence electrons. The third kappa shape index (κ3) is 12.6. The third-order valence-corrected chi connectivity index (χ3v) is 17.2. The van der Waals surface area contributed by atoms with Gasteiger partial charge < -0.3 is 47.5 Å². The summed E-state index contributed by atoms with van der Waals surface area (Å²) in [6.07, 6.45) is -1.23. The number of carbonyl (C=O) groups excluding carboxylic acids is 1. The standard InChI is InChI=1S/C68H70N7O10P/c1-46(2)75(47(3)4)86(81-42-18-41-69)82-43-59-61(84-67(49-21-14-10-15-22-49,51-25-33-55(77-5)34-26-51)52-27-35-56(78-6)36-28-52)62(66(83-59)74-45-72-60-63(70-44-71-64(60)74)73-65(76)48-19-12-9-13-20-48)85-68(50-23-16-11-17-24-50,53-29-37-57(79-7)38-30-53)54-31-39-58(80-8)40-32-54/h9-17,19-40,44-47,59,61-62,66H,18,42-43H2,1-8H3,(H,70,71,73,76)/t59?,61-,62-,66-,86?/m1/s1. The highest BCUT2D eigenvalue weighted by molar-refractivity contribution is 7.44. The Labute approximate surface area is 503 Å². The zero-order chi connectivity index (χ0) is 60.2. The van der Waals surface area contributed by atoms with Crippen LogP contribution in [0, 0.1) is 11.3 Å². The van der Waals surface area contributed by atoms with Gasteiger partial charge in [0.25, 0.3) is 14.4 Å². The summed E-state index contributed by atoms with van der Waals surface area (Å²) in [6, 6.07) is 62.5. The Balaban J connectivity index is 1.27. The van der Waals surface area contributed by atoms with Gasteiger partial charge in [-0.05, 0) is 122 Å². The Bertz CT molecular complexity index is 3570. The zero-order valence-electron chi connectivity index (χ0n) is 49.4. The van der Waals surface area contributed by atoms with Crippen molar-refractivity contribution < 1.29 is 47.0 Å². The van der Waals surface area contributed by atoms with E-state index in [4.69, 9.17) is 52.2 Å². The van der Waals surface area contributed by atoms with E-state index in [1.807, 2.05) is 164 Å². The molecule has 1 amide bonds. The SMILES string of the molecule is COc1ccc(C(O[C@@H]2[C@H](OC(c3ccccc3)(c3ccc(OC)cc3)c3ccc(OC)cc3)C(COP(OCCC#N)N(C(C)C)C(C)C)O[C@H]2n2cnc3c(NC(=O)c4ccccc4)ncnc32)(c2ccccc2)c2ccc(OC)cc2)cc1. The first kappa shape index (κ1) is 60.6. The van der Waals surface area contributed by atoms with Crippen LogP contribution in [0.4, 0.5) is 5.82 Å². The van der Waals surface area contributed by atoms with Crippen LogP contribution in [-0.4, -0.2) is 102 Å². The molecule has 7 aromatic carbocycles. The van der Waals surface area contributed by atoms with Gasteiger partial charge in [-0.15, -0.1) is 0 Å². The van der Waals surface area contributed by atoms with E-state index in [0.717, 1.165) is 33.4 Å². The predicted molar refractivity (Wildman–Crippen MR) is 329 cm³/mol. The van der Waals surface area contributed by atoms with Crippen LogP contribution in [0.5, 0.6) is 23.0 Å². The van der Waals surface area contributed by atoms with Gasteiger partial charge in [0, 0.05) is 17.6 Å². The number of nitrogens with one attached hydrogen (secondary N) is 1. The number of imidazole rings is 1. The molecule has 86 heavy (non-hydrogen) atoms. The largest absolute Gasteiger partial charge is 0.497 e. The summed E-state index contributed by atoms with van der Waals surface area (Å²) in [5.74, 6) is 2.38. The van der Waals surface area contributed by atoms with Gasteiger partial charge in [0.2, 0.25) is 0 Å². The second-order valence-electron chi connectivity index (χ2n) is 20.9. The summed E-state index contributed by atoms with van der Waals surface area (Å²) in [6.45, 7) is 8.39. The molecule has 17 nitrogen and oxygen atoms in total. The lowest BCUT2D eigenvalue weighted by Crippen LogP contribution is -2.49. The molecule has 0 radical (unpaired) electrons. The van der Waals surface area contributed by atoms with Crippen molar-refractivity contribution in [1.29, 1.82) is 5.26 Å². The van der Waals surface area contributed by atoms with Gasteiger partial charge in [0.05, 0.1) is 60.5 Å². The van der Waals surface area contributed by atoms with Crippen molar-refractivity contribution in [3.8, 4) is 29.1 Å². The first-order valence-corrected chi connectivity index (χ1v) is 29.5. The Morgan fingerprint density at radius 3 is 1.45 bits per heavy atom. The molecule has 1 N–H and O–H groups in total. The first-order chi connectivity index (χ1) is 41.9. The van der Waals surface area contributed by atoms with Gasteiger partial charge in [-0.2, -0.15) is 5.26 Å². The topological polar surface area (TPSA) is 183 Å². The highest BCUT2D eigenvalue weighted by Gasteiger charge is 2.56. The van der Waals surface area contributed by atoms with Crippen LogP contribution < -0.4 is 24.3 Å². The van der Waals surface area contributed by atoms with Crippen molar-refractivity contribution in [1.82, 2.24) is 24.2 Å². The lowest BCUT2D eigenvalue weighted by atomic mass is 9.79. The first-order valence-electron chi connectivity index (χ1n) is 28.4. The average Bonchev–Trinajstić information content (AvgIpc) is 1.37. The van der Waals surface area contributed by atoms with Crippen LogP contribution >= 0.6 is 8.53 Å². The van der Waals surface area contributed by atoms with Crippen molar-refractivity contribution in [3.63, 3.8) is 0 Å². The Morgan fingerprint density at radius 2 is 1.02 bits per heavy atom. The molecule has 0 spiro atoms. The lowest BCUT2D eigenvalue weighted by molar-refractivity contribution is -0.155. The number of rotatable bonds is 26. The van der Waals surface area contributed by atoms with E-state index in [1.54, 1.807) is 63.6 Å². The number of aromatic nitrogens is 4. The molecule has 9 aromatic rings. The minimum absolute atomic E-state index is 0.0199. The summed E-state index contributed by atoms with van der Waals surface area (Å²) >= 11 is 0. The highest BCUT2D eigenvalue weighted by Crippen LogP contribution is 2.53. The number of amides is 1. The third-order valence-electron chi connectivity index (χ3n) is 15.2. The Kier molecular flexibility index (Phi) is 19.5. The molecule has 10 rings (SSSR count). The molecule has 18 heteroatoms. The second kappa shape index (κ2) is 27.6. The maximum Gasteiger partial charge on any atom is 0.259 e. The smallest absolute Gasteiger partial charge is 0.259 e. The molecular formula is C68H70N7O10P. The summed E-state index contributed by atoms with van der Waals surface area (Å²) in [5.41, 5.74) is 2.68. The van der Waals surface area contributed by atoms with Crippen molar-refractivity contribution in [2.75, 3.05) is 47.0 Å². The van der Waals surface area contributed by atoms with E-state index < -0.39 is 44.3 Å². The number of benzene rings is 7. The predicted octanol–water partition coefficient (Wildman–Crippen LogP) is 13.1. The number of fused-ring (bicyclic) bond motifs is 1. The fourth-order valence-electron chi connectivity index (χ4n) is 11.1. The van der Waals surface area contributed by atoms with Crippen molar-refractivity contribution in [3.05, 3.63) is 240 Å². The van der Waals surface area contributed by atoms with E-state index >= 15 is 0 Å². The van der Waals surface area contributed by atoms with E-state index in [-0.39, 0.29) is 43.4 Å². The maximum absolute atomic E-state index is 13.9. The molecule has 1 fully saturated rings. The summed E-state index contributed by atoms with van der Waals surface area (Å²) < 4.78 is 65.2. The Hall–Kier alpha value is -8.56. The summed E-state index contributed by atoms with van der Waals surface area (Å²) in [4.78, 5) is 28.2. The molecule has 0 saturated carbocycles. The number of carbonyl (C=O) groups is 1. The zero-order valence-corrected chi connectivity index (χ0v) is 50.2. The number of nitrogens with zero attached hydrogens (tertiary/aromatic N) is 6. The number of ether oxygens (including phenoxy) is 7. The second-order valence-corrected chi connectivity index (χ2v) is 22.4. The molecule has 2 aromatic heterocycles. The quantitative estimate of drug-likeness (QED) is 0.0307. The molecule has 3 heterocycles. The molecule has 1 aliphatic rings. The molecule has 1 saturated heterocycles. The van der Waals surface area contributed by atoms with Crippen LogP contribution in [0.1, 0.15) is 84.1 Å². The maximum atomic E-state index is 13.9. The van der Waals surface area contributed by atoms with Crippen LogP contribution in [0.15, 0.2) is 201 Å². The summed E-state index contributed by atoms with van der Waals surface area (Å²) in [7, 11) is 4.71. The van der Waals surface area contributed by atoms with Crippen molar-refractivity contribution in [2.24, 2.45) is 0 Å². The fraction of sp³-hybridized carbons (Fsp3) is 0.279. The van der Waals surface area contributed by atoms with Gasteiger partial charge in [0.15, 0.2) is 23.2 Å². The molecule has 0 bridgehead atoms. The molecule has 5 atom stereocenters. The van der Waals surface area contributed by atoms with E-state index in [2.05, 4.69) is 48.7 Å². The Morgan fingerprint density at radius 1 is 0.593 bits per heavy atom. The normalized spacial score (nSPS) is 16.5. The van der Waals surface area contributed by atoms with Crippen LogP contribution in [0.25, 0.3) is 11.2 Å². The lowest BCUT2D eigenvalue weighted by Gasteiger charge is -2.44. The number of nitriles is 1. The molecule has 1 aliphatic heterocycles. The van der Waals surface area contributed by atoms with Crippen molar-refractivity contribution in [2.45, 2.75) is 81.9 Å². The molecule has 0 aliphatic carbocycles. The number of methoxy groups -OCH3 is 4. The molecule has 2 unspecified atom stereocenters.